The fourth-order valence-electron chi connectivity index (χ4n) is 6.38. The van der Waals surface area contributed by atoms with Crippen LogP contribution in [0.4, 0.5) is 0 Å². The van der Waals surface area contributed by atoms with E-state index in [9.17, 15) is 0 Å². The maximum atomic E-state index is 2.66. The molecule has 0 spiro atoms. The number of allylic oxidation sites excluding steroid dienone is 4. The Kier molecular flexibility index (Phi) is 4.11. The highest BCUT2D eigenvalue weighted by atomic mass is 28.3. The van der Waals surface area contributed by atoms with E-state index in [0.717, 1.165) is 29.2 Å². The molecule has 5 atom stereocenters. The molecule has 0 nitrogen and oxygen atoms in total. The standard InChI is InChI=1S/C23H32Si/c1-16-13-17(2)15-18(14-16)24(3,4)23-21-11-7-5-9-19(21)20-10-6-8-12-22(20)23/h5,7,9,11,13-15,19-23H,6,8,10,12H2,1-4H3. The molecule has 1 aromatic rings. The van der Waals surface area contributed by atoms with Crippen molar-refractivity contribution in [1.29, 1.82) is 0 Å². The zero-order chi connectivity index (χ0) is 16.9. The minimum atomic E-state index is -1.51. The molecule has 3 aliphatic carbocycles. The van der Waals surface area contributed by atoms with Gasteiger partial charge in [0.1, 0.15) is 0 Å². The topological polar surface area (TPSA) is 0 Å². The van der Waals surface area contributed by atoms with Gasteiger partial charge in [0.2, 0.25) is 0 Å². The second-order valence-corrected chi connectivity index (χ2v) is 13.8. The third kappa shape index (κ3) is 2.56. The number of aryl methyl sites for hydroxylation is 2. The molecule has 2 fully saturated rings. The molecule has 0 radical (unpaired) electrons. The Balaban J connectivity index is 1.77. The molecule has 0 N–H and O–H groups in total. The van der Waals surface area contributed by atoms with Crippen molar-refractivity contribution in [3.8, 4) is 0 Å². The Hall–Kier alpha value is -1.08. The van der Waals surface area contributed by atoms with Crippen LogP contribution < -0.4 is 5.19 Å². The summed E-state index contributed by atoms with van der Waals surface area (Å²) in [5.41, 5.74) is 3.80. The highest BCUT2D eigenvalue weighted by Gasteiger charge is 2.55. The lowest BCUT2D eigenvalue weighted by Crippen LogP contribution is -2.50. The fourth-order valence-corrected chi connectivity index (χ4v) is 10.7. The average Bonchev–Trinajstić information content (AvgIpc) is 2.89. The first-order chi connectivity index (χ1) is 11.5. The predicted molar refractivity (Wildman–Crippen MR) is 107 cm³/mol. The molecule has 1 aromatic carbocycles. The normalized spacial score (nSPS) is 34.9. The number of rotatable bonds is 2. The lowest BCUT2D eigenvalue weighted by molar-refractivity contribution is 0.247. The minimum absolute atomic E-state index is 0.797. The molecule has 2 saturated carbocycles. The van der Waals surface area contributed by atoms with E-state index in [0.29, 0.717) is 0 Å². The molecule has 4 rings (SSSR count). The summed E-state index contributed by atoms with van der Waals surface area (Å²) in [6.07, 6.45) is 15.6. The number of hydrogen-bond donors (Lipinski definition) is 0. The summed E-state index contributed by atoms with van der Waals surface area (Å²) in [4.78, 5) is 0. The van der Waals surface area contributed by atoms with Gasteiger partial charge in [0.25, 0.3) is 0 Å². The predicted octanol–water partition coefficient (Wildman–Crippen LogP) is 5.77. The van der Waals surface area contributed by atoms with Crippen molar-refractivity contribution in [2.75, 3.05) is 0 Å². The van der Waals surface area contributed by atoms with Crippen LogP contribution in [0.2, 0.25) is 18.6 Å². The maximum Gasteiger partial charge on any atom is 0.0845 e. The van der Waals surface area contributed by atoms with Gasteiger partial charge in [-0.2, -0.15) is 0 Å². The number of benzene rings is 1. The van der Waals surface area contributed by atoms with E-state index in [1.165, 1.54) is 36.8 Å². The molecule has 128 valence electrons. The average molecular weight is 337 g/mol. The van der Waals surface area contributed by atoms with Gasteiger partial charge in [-0.3, -0.25) is 0 Å². The first-order valence-electron chi connectivity index (χ1n) is 9.92. The van der Waals surface area contributed by atoms with E-state index in [1.54, 1.807) is 5.19 Å². The Morgan fingerprint density at radius 3 is 2.04 bits per heavy atom. The van der Waals surface area contributed by atoms with Crippen LogP contribution in [0, 0.1) is 37.5 Å². The monoisotopic (exact) mass is 336 g/mol. The van der Waals surface area contributed by atoms with Crippen LogP contribution >= 0.6 is 0 Å². The molecule has 0 saturated heterocycles. The summed E-state index contributed by atoms with van der Waals surface area (Å²) in [6, 6.07) is 7.34. The lowest BCUT2D eigenvalue weighted by Gasteiger charge is -2.40. The van der Waals surface area contributed by atoms with Crippen molar-refractivity contribution in [3.63, 3.8) is 0 Å². The molecule has 0 heterocycles. The summed E-state index contributed by atoms with van der Waals surface area (Å²) >= 11 is 0. The third-order valence-electron chi connectivity index (χ3n) is 7.27. The van der Waals surface area contributed by atoms with Crippen molar-refractivity contribution in [3.05, 3.63) is 53.6 Å². The van der Waals surface area contributed by atoms with Gasteiger partial charge in [0.05, 0.1) is 8.07 Å². The van der Waals surface area contributed by atoms with Gasteiger partial charge >= 0.3 is 0 Å². The number of hydrogen-bond acceptors (Lipinski definition) is 0. The smallest absolute Gasteiger partial charge is 0.0808 e. The highest BCUT2D eigenvalue weighted by molar-refractivity contribution is 6.91. The van der Waals surface area contributed by atoms with E-state index in [2.05, 4.69) is 69.4 Å². The number of fused-ring (bicyclic) bond motifs is 3. The largest absolute Gasteiger partial charge is 0.0845 e. The summed E-state index contributed by atoms with van der Waals surface area (Å²) in [7, 11) is -1.51. The van der Waals surface area contributed by atoms with E-state index >= 15 is 0 Å². The molecular formula is C23H32Si. The molecule has 0 aromatic heterocycles. The zero-order valence-corrected chi connectivity index (χ0v) is 16.8. The van der Waals surface area contributed by atoms with Crippen LogP contribution in [-0.4, -0.2) is 8.07 Å². The van der Waals surface area contributed by atoms with Gasteiger partial charge in [0, 0.05) is 0 Å². The Morgan fingerprint density at radius 1 is 0.792 bits per heavy atom. The SMILES string of the molecule is Cc1cc(C)cc([Si](C)(C)C2C3C=CC=CC3C3CCCCC32)c1. The van der Waals surface area contributed by atoms with Gasteiger partial charge < -0.3 is 0 Å². The van der Waals surface area contributed by atoms with E-state index in [1.807, 2.05) is 0 Å². The molecule has 0 amide bonds. The van der Waals surface area contributed by atoms with Gasteiger partial charge in [-0.05, 0) is 49.5 Å². The zero-order valence-electron chi connectivity index (χ0n) is 15.8. The Labute approximate surface area is 149 Å². The lowest BCUT2D eigenvalue weighted by atomic mass is 9.77. The summed E-state index contributed by atoms with van der Waals surface area (Å²) in [5, 5.41) is 1.69. The van der Waals surface area contributed by atoms with Gasteiger partial charge in [-0.1, -0.05) is 91.2 Å². The second kappa shape index (κ2) is 6.02. The molecule has 5 unspecified atom stereocenters. The van der Waals surface area contributed by atoms with Crippen molar-refractivity contribution in [1.82, 2.24) is 0 Å². The third-order valence-corrected chi connectivity index (χ3v) is 11.5. The Morgan fingerprint density at radius 2 is 1.38 bits per heavy atom. The highest BCUT2D eigenvalue weighted by Crippen LogP contribution is 2.60. The van der Waals surface area contributed by atoms with E-state index in [4.69, 9.17) is 0 Å². The minimum Gasteiger partial charge on any atom is -0.0808 e. The van der Waals surface area contributed by atoms with Gasteiger partial charge in [-0.25, -0.2) is 0 Å². The summed E-state index contributed by atoms with van der Waals surface area (Å²) < 4.78 is 0. The van der Waals surface area contributed by atoms with Crippen molar-refractivity contribution < 1.29 is 0 Å². The Bertz CT molecular complexity index is 661. The second-order valence-electron chi connectivity index (χ2n) is 9.16. The van der Waals surface area contributed by atoms with Gasteiger partial charge in [-0.15, -0.1) is 0 Å². The fraction of sp³-hybridized carbons (Fsp3) is 0.565. The molecular weight excluding hydrogens is 304 g/mol. The van der Waals surface area contributed by atoms with Crippen LogP contribution in [0.5, 0.6) is 0 Å². The first kappa shape index (κ1) is 16.4. The summed E-state index contributed by atoms with van der Waals surface area (Å²) in [6.45, 7) is 9.86. The van der Waals surface area contributed by atoms with Crippen LogP contribution in [0.3, 0.4) is 0 Å². The molecule has 3 aliphatic rings. The summed E-state index contributed by atoms with van der Waals surface area (Å²) in [5.74, 6) is 3.53. The van der Waals surface area contributed by atoms with Gasteiger partial charge in [0.15, 0.2) is 0 Å². The van der Waals surface area contributed by atoms with Crippen LogP contribution in [0.15, 0.2) is 42.5 Å². The quantitative estimate of drug-likeness (QED) is 0.602. The molecule has 0 bridgehead atoms. The maximum absolute atomic E-state index is 2.66. The van der Waals surface area contributed by atoms with Crippen LogP contribution in [0.25, 0.3) is 0 Å². The molecule has 24 heavy (non-hydrogen) atoms. The van der Waals surface area contributed by atoms with Crippen LogP contribution in [-0.2, 0) is 0 Å². The molecule has 0 aliphatic heterocycles. The van der Waals surface area contributed by atoms with Crippen molar-refractivity contribution in [2.45, 2.75) is 58.2 Å². The van der Waals surface area contributed by atoms with Crippen molar-refractivity contribution in [2.24, 2.45) is 23.7 Å². The van der Waals surface area contributed by atoms with E-state index in [-0.39, 0.29) is 0 Å². The van der Waals surface area contributed by atoms with Crippen molar-refractivity contribution >= 4 is 13.3 Å². The molecule has 1 heteroatoms. The van der Waals surface area contributed by atoms with Crippen LogP contribution in [0.1, 0.15) is 36.8 Å². The first-order valence-corrected chi connectivity index (χ1v) is 13.0. The van der Waals surface area contributed by atoms with E-state index < -0.39 is 8.07 Å².